The average Bonchev–Trinajstić information content (AvgIpc) is 2.32. The highest BCUT2D eigenvalue weighted by atomic mass is 16.2. The minimum absolute atomic E-state index is 0.203. The predicted molar refractivity (Wildman–Crippen MR) is 69.5 cm³/mol. The monoisotopic (exact) mass is 232 g/mol. The van der Waals surface area contributed by atoms with Gasteiger partial charge in [0.2, 0.25) is 5.91 Å². The molecule has 3 heteroatoms. The van der Waals surface area contributed by atoms with Crippen LogP contribution in [0.2, 0.25) is 0 Å². The number of likely N-dealkylation sites (tertiary alicyclic amines) is 1. The van der Waals surface area contributed by atoms with Crippen molar-refractivity contribution >= 4 is 11.6 Å². The molecule has 0 spiro atoms. The number of amides is 1. The van der Waals surface area contributed by atoms with Gasteiger partial charge in [-0.15, -0.1) is 0 Å². The lowest BCUT2D eigenvalue weighted by molar-refractivity contribution is -0.132. The zero-order chi connectivity index (χ0) is 12.3. The van der Waals surface area contributed by atoms with Crippen molar-refractivity contribution in [1.82, 2.24) is 4.90 Å². The topological polar surface area (TPSA) is 46.3 Å². The van der Waals surface area contributed by atoms with Crippen LogP contribution in [0, 0.1) is 5.92 Å². The third kappa shape index (κ3) is 2.99. The molecule has 0 saturated carbocycles. The number of hydrogen-bond acceptors (Lipinski definition) is 2. The summed E-state index contributed by atoms with van der Waals surface area (Å²) in [6.45, 7) is 4.00. The van der Waals surface area contributed by atoms with Crippen molar-refractivity contribution in [3.05, 3.63) is 29.8 Å². The van der Waals surface area contributed by atoms with Crippen molar-refractivity contribution in [1.29, 1.82) is 0 Å². The average molecular weight is 232 g/mol. The second-order valence-corrected chi connectivity index (χ2v) is 4.96. The van der Waals surface area contributed by atoms with Gasteiger partial charge in [0.05, 0.1) is 6.42 Å². The highest BCUT2D eigenvalue weighted by Crippen LogP contribution is 2.18. The molecule has 2 N–H and O–H groups in total. The van der Waals surface area contributed by atoms with Gasteiger partial charge >= 0.3 is 0 Å². The van der Waals surface area contributed by atoms with Gasteiger partial charge in [-0.3, -0.25) is 4.79 Å². The molecule has 17 heavy (non-hydrogen) atoms. The molecule has 1 amide bonds. The highest BCUT2D eigenvalue weighted by Gasteiger charge is 2.21. The lowest BCUT2D eigenvalue weighted by atomic mass is 9.99. The molecule has 3 nitrogen and oxygen atoms in total. The molecular formula is C14H20N2O. The van der Waals surface area contributed by atoms with Crippen LogP contribution >= 0.6 is 0 Å². The van der Waals surface area contributed by atoms with E-state index < -0.39 is 0 Å². The Bertz CT molecular complexity index is 403. The summed E-state index contributed by atoms with van der Waals surface area (Å²) in [5.74, 6) is 0.829. The number of nitrogen functional groups attached to an aromatic ring is 1. The van der Waals surface area contributed by atoms with Crippen molar-refractivity contribution in [2.45, 2.75) is 26.2 Å². The van der Waals surface area contributed by atoms with Crippen LogP contribution < -0.4 is 5.73 Å². The van der Waals surface area contributed by atoms with Crippen LogP contribution in [0.4, 0.5) is 5.69 Å². The largest absolute Gasteiger partial charge is 0.398 e. The number of hydrogen-bond donors (Lipinski definition) is 1. The standard InChI is InChI=1S/C14H20N2O/c1-11-5-4-8-16(10-11)14(17)9-12-6-2-3-7-13(12)15/h2-3,6-7,11H,4-5,8-10,15H2,1H3. The SMILES string of the molecule is CC1CCCN(C(=O)Cc2ccccc2N)C1. The number of anilines is 1. The maximum absolute atomic E-state index is 12.1. The summed E-state index contributed by atoms with van der Waals surface area (Å²) in [6, 6.07) is 7.60. The van der Waals surface area contributed by atoms with Gasteiger partial charge in [-0.25, -0.2) is 0 Å². The van der Waals surface area contributed by atoms with Gasteiger partial charge in [0.1, 0.15) is 0 Å². The second kappa shape index (κ2) is 5.21. The molecule has 1 atom stereocenters. The van der Waals surface area contributed by atoms with E-state index in [1.54, 1.807) is 0 Å². The molecule has 0 radical (unpaired) electrons. The normalized spacial score (nSPS) is 20.3. The first-order valence-corrected chi connectivity index (χ1v) is 6.28. The minimum atomic E-state index is 0.203. The Morgan fingerprint density at radius 1 is 1.47 bits per heavy atom. The Kier molecular flexibility index (Phi) is 3.67. The van der Waals surface area contributed by atoms with Gasteiger partial charge in [-0.2, -0.15) is 0 Å². The zero-order valence-electron chi connectivity index (χ0n) is 10.4. The Labute approximate surface area is 103 Å². The Morgan fingerprint density at radius 3 is 2.94 bits per heavy atom. The number of para-hydroxylation sites is 1. The van der Waals surface area contributed by atoms with Gasteiger partial charge in [0.15, 0.2) is 0 Å². The fourth-order valence-corrected chi connectivity index (χ4v) is 2.39. The molecule has 1 saturated heterocycles. The first-order valence-electron chi connectivity index (χ1n) is 6.28. The summed E-state index contributed by atoms with van der Waals surface area (Å²) in [6.07, 6.45) is 2.79. The van der Waals surface area contributed by atoms with Crippen molar-refractivity contribution in [2.75, 3.05) is 18.8 Å². The highest BCUT2D eigenvalue weighted by molar-refractivity contribution is 5.80. The molecule has 2 rings (SSSR count). The maximum atomic E-state index is 12.1. The van der Waals surface area contributed by atoms with Crippen LogP contribution in [0.1, 0.15) is 25.3 Å². The Hall–Kier alpha value is -1.51. The number of carbonyl (C=O) groups is 1. The number of nitrogens with zero attached hydrogens (tertiary/aromatic N) is 1. The fraction of sp³-hybridized carbons (Fsp3) is 0.500. The summed E-state index contributed by atoms with van der Waals surface area (Å²) in [7, 11) is 0. The zero-order valence-corrected chi connectivity index (χ0v) is 10.4. The van der Waals surface area contributed by atoms with E-state index in [0.29, 0.717) is 18.0 Å². The Balaban J connectivity index is 1.99. The molecular weight excluding hydrogens is 212 g/mol. The van der Waals surface area contributed by atoms with E-state index in [2.05, 4.69) is 6.92 Å². The molecule has 0 bridgehead atoms. The number of piperidine rings is 1. The van der Waals surface area contributed by atoms with Gasteiger partial charge < -0.3 is 10.6 Å². The minimum Gasteiger partial charge on any atom is -0.398 e. The predicted octanol–water partition coefficient (Wildman–Crippen LogP) is 2.07. The molecule has 0 aliphatic carbocycles. The molecule has 0 aromatic heterocycles. The maximum Gasteiger partial charge on any atom is 0.227 e. The van der Waals surface area contributed by atoms with Gasteiger partial charge in [-0.05, 0) is 30.4 Å². The number of carbonyl (C=O) groups excluding carboxylic acids is 1. The summed E-state index contributed by atoms with van der Waals surface area (Å²) < 4.78 is 0. The third-order valence-electron chi connectivity index (χ3n) is 3.41. The molecule has 1 aromatic rings. The molecule has 1 heterocycles. The molecule has 1 aliphatic heterocycles. The number of benzene rings is 1. The van der Waals surface area contributed by atoms with Crippen molar-refractivity contribution < 1.29 is 4.79 Å². The lowest BCUT2D eigenvalue weighted by Crippen LogP contribution is -2.40. The summed E-state index contributed by atoms with van der Waals surface area (Å²) in [5, 5.41) is 0. The molecule has 92 valence electrons. The van der Waals surface area contributed by atoms with Crippen LogP contribution in [0.3, 0.4) is 0 Å². The van der Waals surface area contributed by atoms with Crippen LogP contribution in [0.5, 0.6) is 0 Å². The van der Waals surface area contributed by atoms with Crippen LogP contribution in [-0.2, 0) is 11.2 Å². The second-order valence-electron chi connectivity index (χ2n) is 4.96. The summed E-state index contributed by atoms with van der Waals surface area (Å²) in [5.41, 5.74) is 7.51. The van der Waals surface area contributed by atoms with Crippen LogP contribution in [0.15, 0.2) is 24.3 Å². The molecule has 1 unspecified atom stereocenters. The molecule has 1 fully saturated rings. The quantitative estimate of drug-likeness (QED) is 0.793. The van der Waals surface area contributed by atoms with E-state index in [0.717, 1.165) is 25.1 Å². The van der Waals surface area contributed by atoms with Gasteiger partial charge in [0, 0.05) is 18.8 Å². The first kappa shape index (κ1) is 12.0. The van der Waals surface area contributed by atoms with Crippen LogP contribution in [0.25, 0.3) is 0 Å². The van der Waals surface area contributed by atoms with E-state index in [1.807, 2.05) is 29.2 Å². The Morgan fingerprint density at radius 2 is 2.24 bits per heavy atom. The number of rotatable bonds is 2. The summed E-state index contributed by atoms with van der Waals surface area (Å²) >= 11 is 0. The van der Waals surface area contributed by atoms with E-state index >= 15 is 0 Å². The first-order chi connectivity index (χ1) is 8.16. The fourth-order valence-electron chi connectivity index (χ4n) is 2.39. The third-order valence-corrected chi connectivity index (χ3v) is 3.41. The number of nitrogens with two attached hydrogens (primary N) is 1. The molecule has 1 aromatic carbocycles. The van der Waals surface area contributed by atoms with Gasteiger partial charge in [-0.1, -0.05) is 25.1 Å². The molecule has 1 aliphatic rings. The van der Waals surface area contributed by atoms with Gasteiger partial charge in [0.25, 0.3) is 0 Å². The van der Waals surface area contributed by atoms with E-state index in [1.165, 1.54) is 6.42 Å². The van der Waals surface area contributed by atoms with E-state index in [-0.39, 0.29) is 5.91 Å². The van der Waals surface area contributed by atoms with E-state index in [9.17, 15) is 4.79 Å². The van der Waals surface area contributed by atoms with Crippen LogP contribution in [-0.4, -0.2) is 23.9 Å². The van der Waals surface area contributed by atoms with Crippen molar-refractivity contribution in [3.63, 3.8) is 0 Å². The smallest absolute Gasteiger partial charge is 0.227 e. The van der Waals surface area contributed by atoms with Crippen molar-refractivity contribution in [2.24, 2.45) is 5.92 Å². The lowest BCUT2D eigenvalue weighted by Gasteiger charge is -2.31. The van der Waals surface area contributed by atoms with E-state index in [4.69, 9.17) is 5.73 Å². The van der Waals surface area contributed by atoms with Crippen molar-refractivity contribution in [3.8, 4) is 0 Å². The summed E-state index contributed by atoms with van der Waals surface area (Å²) in [4.78, 5) is 14.1.